The molecule has 0 aromatic carbocycles. The normalized spacial score (nSPS) is 13.1. The Morgan fingerprint density at radius 2 is 2.29 bits per heavy atom. The number of rotatable bonds is 4. The van der Waals surface area contributed by atoms with Crippen molar-refractivity contribution in [3.63, 3.8) is 0 Å². The molecule has 0 aliphatic rings. The molecule has 7 heteroatoms. The van der Waals surface area contributed by atoms with Crippen LogP contribution in [0.4, 0.5) is 13.8 Å². The van der Waals surface area contributed by atoms with Crippen molar-refractivity contribution in [2.24, 2.45) is 5.73 Å². The summed E-state index contributed by atoms with van der Waals surface area (Å²) in [4.78, 5) is 9.72. The molecule has 14 heavy (non-hydrogen) atoms. The number of halogens is 2. The molecule has 0 aliphatic heterocycles. The van der Waals surface area contributed by atoms with Crippen LogP contribution in [0.25, 0.3) is 0 Å². The molecule has 1 heterocycles. The second-order valence-corrected chi connectivity index (χ2v) is 3.60. The largest absolute Gasteiger partial charge is 0.324 e. The third-order valence-electron chi connectivity index (χ3n) is 1.65. The summed E-state index contributed by atoms with van der Waals surface area (Å²) in [6.07, 6.45) is -2.97. The van der Waals surface area contributed by atoms with E-state index >= 15 is 0 Å². The highest BCUT2D eigenvalue weighted by molar-refractivity contribution is 7.13. The maximum Gasteiger partial charge on any atom is 0.324 e. The number of hydrogen-bond acceptors (Lipinski definition) is 4. The molecule has 4 nitrogen and oxygen atoms in total. The molecule has 78 valence electrons. The highest BCUT2D eigenvalue weighted by Crippen LogP contribution is 2.28. The Bertz CT molecular complexity index is 329. The fourth-order valence-corrected chi connectivity index (χ4v) is 1.75. The number of thiophene rings is 1. The molecule has 0 spiro atoms. The number of nitro groups is 1. The highest BCUT2D eigenvalue weighted by atomic mass is 32.1. The topological polar surface area (TPSA) is 69.2 Å². The lowest BCUT2D eigenvalue weighted by Crippen LogP contribution is -2.12. The van der Waals surface area contributed by atoms with Crippen LogP contribution >= 0.6 is 11.3 Å². The van der Waals surface area contributed by atoms with Gasteiger partial charge in [0.1, 0.15) is 0 Å². The first-order valence-corrected chi connectivity index (χ1v) is 4.65. The van der Waals surface area contributed by atoms with Crippen molar-refractivity contribution in [3.05, 3.63) is 27.1 Å². The summed E-state index contributed by atoms with van der Waals surface area (Å²) in [5.74, 6) is 0. The van der Waals surface area contributed by atoms with E-state index in [9.17, 15) is 18.9 Å². The van der Waals surface area contributed by atoms with Crippen LogP contribution in [-0.4, -0.2) is 11.3 Å². The van der Waals surface area contributed by atoms with Crippen molar-refractivity contribution < 1.29 is 13.7 Å². The van der Waals surface area contributed by atoms with E-state index in [0.717, 1.165) is 11.3 Å². The summed E-state index contributed by atoms with van der Waals surface area (Å²) in [7, 11) is 0. The molecule has 0 radical (unpaired) electrons. The summed E-state index contributed by atoms with van der Waals surface area (Å²) in [5, 5.41) is 11.6. The zero-order valence-corrected chi connectivity index (χ0v) is 7.84. The van der Waals surface area contributed by atoms with Crippen molar-refractivity contribution >= 4 is 16.3 Å². The fourth-order valence-electron chi connectivity index (χ4n) is 0.957. The third kappa shape index (κ3) is 2.71. The Kier molecular flexibility index (Phi) is 3.48. The van der Waals surface area contributed by atoms with E-state index < -0.39 is 23.8 Å². The van der Waals surface area contributed by atoms with Crippen molar-refractivity contribution in [1.82, 2.24) is 0 Å². The Balaban J connectivity index is 2.71. The first-order chi connectivity index (χ1) is 6.50. The van der Waals surface area contributed by atoms with Gasteiger partial charge < -0.3 is 5.73 Å². The van der Waals surface area contributed by atoms with E-state index in [0.29, 0.717) is 5.56 Å². The summed E-state index contributed by atoms with van der Waals surface area (Å²) in [5.41, 5.74) is 5.80. The van der Waals surface area contributed by atoms with E-state index in [-0.39, 0.29) is 5.00 Å². The molecule has 0 saturated heterocycles. The van der Waals surface area contributed by atoms with Crippen molar-refractivity contribution in [2.45, 2.75) is 18.9 Å². The molecule has 0 amide bonds. The van der Waals surface area contributed by atoms with Gasteiger partial charge in [0.25, 0.3) is 0 Å². The highest BCUT2D eigenvalue weighted by Gasteiger charge is 2.17. The zero-order chi connectivity index (χ0) is 10.7. The van der Waals surface area contributed by atoms with Gasteiger partial charge in [0, 0.05) is 23.9 Å². The molecular weight excluding hydrogens is 214 g/mol. The first-order valence-electron chi connectivity index (χ1n) is 3.77. The minimum absolute atomic E-state index is 0.0790. The minimum atomic E-state index is -2.50. The van der Waals surface area contributed by atoms with Crippen molar-refractivity contribution in [3.8, 4) is 0 Å². The molecule has 1 rings (SSSR count). The van der Waals surface area contributed by atoms with E-state index in [1.807, 2.05) is 0 Å². The van der Waals surface area contributed by atoms with Gasteiger partial charge in [-0.05, 0) is 5.56 Å². The van der Waals surface area contributed by atoms with Crippen LogP contribution in [-0.2, 0) is 0 Å². The average molecular weight is 222 g/mol. The van der Waals surface area contributed by atoms with Gasteiger partial charge in [-0.3, -0.25) is 10.1 Å². The van der Waals surface area contributed by atoms with Gasteiger partial charge in [0.15, 0.2) is 0 Å². The minimum Gasteiger partial charge on any atom is -0.324 e. The van der Waals surface area contributed by atoms with Crippen LogP contribution in [0.5, 0.6) is 0 Å². The van der Waals surface area contributed by atoms with Gasteiger partial charge in [-0.15, -0.1) is 0 Å². The Labute approximate surface area is 82.5 Å². The van der Waals surface area contributed by atoms with Crippen LogP contribution in [0.15, 0.2) is 11.4 Å². The van der Waals surface area contributed by atoms with Gasteiger partial charge in [-0.2, -0.15) is 0 Å². The molecular formula is C7H8F2N2O2S. The van der Waals surface area contributed by atoms with Crippen LogP contribution in [0.2, 0.25) is 0 Å². The number of nitrogens with two attached hydrogens (primary N) is 1. The second kappa shape index (κ2) is 4.43. The summed E-state index contributed by atoms with van der Waals surface area (Å²) >= 11 is 0.889. The number of nitrogens with zero attached hydrogens (tertiary/aromatic N) is 1. The van der Waals surface area contributed by atoms with E-state index in [1.165, 1.54) is 11.4 Å². The average Bonchev–Trinajstić information content (AvgIpc) is 2.50. The molecule has 1 aromatic rings. The van der Waals surface area contributed by atoms with Gasteiger partial charge in [0.2, 0.25) is 6.43 Å². The van der Waals surface area contributed by atoms with E-state index in [1.54, 1.807) is 0 Å². The third-order valence-corrected chi connectivity index (χ3v) is 2.54. The molecule has 1 atom stereocenters. The summed E-state index contributed by atoms with van der Waals surface area (Å²) in [6, 6.07) is 0.400. The van der Waals surface area contributed by atoms with Crippen LogP contribution in [0, 0.1) is 10.1 Å². The number of hydrogen-bond donors (Lipinski definition) is 1. The fraction of sp³-hybridized carbons (Fsp3) is 0.429. The predicted molar refractivity (Wildman–Crippen MR) is 48.5 cm³/mol. The lowest BCUT2D eigenvalue weighted by atomic mass is 10.1. The van der Waals surface area contributed by atoms with Gasteiger partial charge in [-0.1, -0.05) is 11.3 Å². The quantitative estimate of drug-likeness (QED) is 0.627. The predicted octanol–water partition coefficient (Wildman–Crippen LogP) is 2.31. The van der Waals surface area contributed by atoms with Crippen molar-refractivity contribution in [2.75, 3.05) is 0 Å². The van der Waals surface area contributed by atoms with Crippen LogP contribution < -0.4 is 5.73 Å². The first kappa shape index (κ1) is 11.0. The molecule has 0 saturated carbocycles. The Hall–Kier alpha value is -1.08. The summed E-state index contributed by atoms with van der Waals surface area (Å²) < 4.78 is 23.9. The molecule has 0 bridgehead atoms. The molecule has 1 aromatic heterocycles. The smallest absolute Gasteiger partial charge is 0.324 e. The summed E-state index contributed by atoms with van der Waals surface area (Å²) in [6.45, 7) is 0. The molecule has 0 unspecified atom stereocenters. The standard InChI is InChI=1S/C7H8F2N2O2S/c8-6(9)2-5(10)4-1-7(11(12)13)14-3-4/h1,3,5-6H,2,10H2/t5-/m1/s1. The second-order valence-electron chi connectivity index (χ2n) is 2.71. The Morgan fingerprint density at radius 3 is 2.71 bits per heavy atom. The van der Waals surface area contributed by atoms with Gasteiger partial charge >= 0.3 is 5.00 Å². The van der Waals surface area contributed by atoms with Crippen LogP contribution in [0.1, 0.15) is 18.0 Å². The van der Waals surface area contributed by atoms with Gasteiger partial charge in [-0.25, -0.2) is 8.78 Å². The van der Waals surface area contributed by atoms with E-state index in [4.69, 9.17) is 5.73 Å². The van der Waals surface area contributed by atoms with Gasteiger partial charge in [0.05, 0.1) is 4.92 Å². The maximum absolute atomic E-state index is 11.9. The Morgan fingerprint density at radius 1 is 1.64 bits per heavy atom. The molecule has 0 aliphatic carbocycles. The number of alkyl halides is 2. The lowest BCUT2D eigenvalue weighted by Gasteiger charge is -2.07. The molecule has 2 N–H and O–H groups in total. The maximum atomic E-state index is 11.9. The zero-order valence-electron chi connectivity index (χ0n) is 7.02. The van der Waals surface area contributed by atoms with Crippen LogP contribution in [0.3, 0.4) is 0 Å². The van der Waals surface area contributed by atoms with Crippen molar-refractivity contribution in [1.29, 1.82) is 0 Å². The lowest BCUT2D eigenvalue weighted by molar-refractivity contribution is -0.380. The SMILES string of the molecule is N[C@H](CC(F)F)c1csc([N+](=O)[O-])c1. The molecule has 0 fully saturated rings. The monoisotopic (exact) mass is 222 g/mol. The van der Waals surface area contributed by atoms with E-state index in [2.05, 4.69) is 0 Å².